The highest BCUT2D eigenvalue weighted by molar-refractivity contribution is 5.95. The Kier molecular flexibility index (Phi) is 8.60. The molecule has 0 aromatic rings. The van der Waals surface area contributed by atoms with Crippen LogP contribution in [-0.4, -0.2) is 27.2 Å². The predicted octanol–water partition coefficient (Wildman–Crippen LogP) is 5.56. The molecule has 3 heteroatoms. The molecule has 0 aromatic carbocycles. The average molecular weight is 367 g/mol. The molecule has 0 aliphatic heterocycles. The molecular weight excluding hydrogens is 324 g/mol. The maximum absolute atomic E-state index is 13.6. The molecule has 3 nitrogen and oxygen atoms in total. The lowest BCUT2D eigenvalue weighted by atomic mass is 9.61. The Hall–Kier alpha value is -0.410. The van der Waals surface area contributed by atoms with Crippen molar-refractivity contribution in [2.24, 2.45) is 11.8 Å². The molecule has 152 valence electrons. The Labute approximate surface area is 161 Å². The maximum Gasteiger partial charge on any atom is 0.196 e. The largest absolute Gasteiger partial charge is 0.382 e. The highest BCUT2D eigenvalue weighted by Crippen LogP contribution is 2.46. The number of ketones is 1. The molecule has 0 saturated heterocycles. The number of aliphatic hydroxyl groups is 2. The van der Waals surface area contributed by atoms with E-state index in [1.54, 1.807) is 0 Å². The Morgan fingerprint density at radius 1 is 0.769 bits per heavy atom. The molecule has 2 rings (SSSR count). The van der Waals surface area contributed by atoms with Gasteiger partial charge in [-0.25, -0.2) is 0 Å². The van der Waals surface area contributed by atoms with E-state index in [0.29, 0.717) is 12.8 Å². The van der Waals surface area contributed by atoms with Gasteiger partial charge in [0.05, 0.1) is 0 Å². The highest BCUT2D eigenvalue weighted by Gasteiger charge is 2.55. The second-order valence-electron chi connectivity index (χ2n) is 9.05. The SMILES string of the molecule is CCCCCC1CCCCC1(O)C(=O)C1(O)CCCCC1CCCCC. The van der Waals surface area contributed by atoms with E-state index in [1.165, 1.54) is 0 Å². The number of hydrogen-bond acceptors (Lipinski definition) is 3. The monoisotopic (exact) mass is 366 g/mol. The molecule has 0 heterocycles. The Morgan fingerprint density at radius 3 is 1.58 bits per heavy atom. The van der Waals surface area contributed by atoms with Crippen LogP contribution in [0.4, 0.5) is 0 Å². The summed E-state index contributed by atoms with van der Waals surface area (Å²) in [5, 5.41) is 23.0. The molecule has 4 atom stereocenters. The van der Waals surface area contributed by atoms with Crippen LogP contribution < -0.4 is 0 Å². The zero-order valence-corrected chi connectivity index (χ0v) is 17.3. The van der Waals surface area contributed by atoms with Crippen LogP contribution in [0, 0.1) is 11.8 Å². The topological polar surface area (TPSA) is 57.5 Å². The standard InChI is InChI=1S/C23H42O3/c1-3-5-7-13-19-15-9-11-17-22(19,25)21(24)23(26)18-12-10-16-20(23)14-8-6-4-2/h19-20,25-26H,3-18H2,1-2H3. The van der Waals surface area contributed by atoms with Crippen LogP contribution in [0.3, 0.4) is 0 Å². The maximum atomic E-state index is 13.6. The van der Waals surface area contributed by atoms with E-state index in [4.69, 9.17) is 0 Å². The molecule has 2 fully saturated rings. The third-order valence-electron chi connectivity index (χ3n) is 7.17. The van der Waals surface area contributed by atoms with Crippen molar-refractivity contribution in [3.63, 3.8) is 0 Å². The quantitative estimate of drug-likeness (QED) is 0.498. The summed E-state index contributed by atoms with van der Waals surface area (Å²) in [7, 11) is 0. The van der Waals surface area contributed by atoms with Crippen molar-refractivity contribution < 1.29 is 15.0 Å². The van der Waals surface area contributed by atoms with E-state index < -0.39 is 11.2 Å². The van der Waals surface area contributed by atoms with Gasteiger partial charge in [0, 0.05) is 0 Å². The van der Waals surface area contributed by atoms with Crippen LogP contribution in [0.25, 0.3) is 0 Å². The summed E-state index contributed by atoms with van der Waals surface area (Å²) >= 11 is 0. The molecule has 2 saturated carbocycles. The molecule has 0 bridgehead atoms. The normalized spacial score (nSPS) is 35.4. The molecule has 0 spiro atoms. The van der Waals surface area contributed by atoms with Crippen LogP contribution in [0.1, 0.15) is 117 Å². The van der Waals surface area contributed by atoms with E-state index in [1.807, 2.05) is 0 Å². The molecular formula is C23H42O3. The zero-order chi connectivity index (χ0) is 19.0. The van der Waals surface area contributed by atoms with Crippen molar-refractivity contribution in [2.75, 3.05) is 0 Å². The average Bonchev–Trinajstić information content (AvgIpc) is 2.64. The van der Waals surface area contributed by atoms with Gasteiger partial charge in [0.1, 0.15) is 11.2 Å². The Balaban J connectivity index is 2.14. The van der Waals surface area contributed by atoms with Gasteiger partial charge in [-0.3, -0.25) is 4.79 Å². The summed E-state index contributed by atoms with van der Waals surface area (Å²) < 4.78 is 0. The van der Waals surface area contributed by atoms with Crippen LogP contribution in [0.2, 0.25) is 0 Å². The third kappa shape index (κ3) is 4.90. The summed E-state index contributed by atoms with van der Waals surface area (Å²) in [6, 6.07) is 0. The molecule has 2 aliphatic carbocycles. The molecule has 4 unspecified atom stereocenters. The first kappa shape index (κ1) is 21.9. The number of unbranched alkanes of at least 4 members (excludes halogenated alkanes) is 4. The van der Waals surface area contributed by atoms with Gasteiger partial charge in [0.2, 0.25) is 0 Å². The highest BCUT2D eigenvalue weighted by atomic mass is 16.3. The molecule has 2 aliphatic rings. The van der Waals surface area contributed by atoms with Crippen LogP contribution >= 0.6 is 0 Å². The number of rotatable bonds is 10. The summed E-state index contributed by atoms with van der Waals surface area (Å²) in [5.74, 6) is -0.137. The number of carbonyl (C=O) groups excluding carboxylic acids is 1. The van der Waals surface area contributed by atoms with Gasteiger partial charge in [-0.15, -0.1) is 0 Å². The van der Waals surface area contributed by atoms with Crippen molar-refractivity contribution in [3.8, 4) is 0 Å². The summed E-state index contributed by atoms with van der Waals surface area (Å²) in [6.07, 6.45) is 15.6. The fraction of sp³-hybridized carbons (Fsp3) is 0.957. The van der Waals surface area contributed by atoms with Crippen molar-refractivity contribution in [1.29, 1.82) is 0 Å². The predicted molar refractivity (Wildman–Crippen MR) is 107 cm³/mol. The molecule has 26 heavy (non-hydrogen) atoms. The van der Waals surface area contributed by atoms with Crippen molar-refractivity contribution in [1.82, 2.24) is 0 Å². The summed E-state index contributed by atoms with van der Waals surface area (Å²) in [6.45, 7) is 4.37. The van der Waals surface area contributed by atoms with Gasteiger partial charge in [-0.05, 0) is 50.4 Å². The van der Waals surface area contributed by atoms with E-state index in [2.05, 4.69) is 13.8 Å². The Morgan fingerprint density at radius 2 is 1.19 bits per heavy atom. The third-order valence-corrected chi connectivity index (χ3v) is 7.17. The lowest BCUT2D eigenvalue weighted by Gasteiger charge is -2.47. The van der Waals surface area contributed by atoms with Crippen LogP contribution in [-0.2, 0) is 4.79 Å². The minimum atomic E-state index is -1.29. The fourth-order valence-corrected chi connectivity index (χ4v) is 5.48. The van der Waals surface area contributed by atoms with Gasteiger partial charge < -0.3 is 10.2 Å². The molecule has 0 radical (unpaired) electrons. The van der Waals surface area contributed by atoms with Gasteiger partial charge in [-0.2, -0.15) is 0 Å². The number of hydrogen-bond donors (Lipinski definition) is 2. The molecule has 2 N–H and O–H groups in total. The lowest BCUT2D eigenvalue weighted by molar-refractivity contribution is -0.178. The fourth-order valence-electron chi connectivity index (χ4n) is 5.48. The lowest BCUT2D eigenvalue weighted by Crippen LogP contribution is -2.61. The Bertz CT molecular complexity index is 397. The smallest absolute Gasteiger partial charge is 0.196 e. The van der Waals surface area contributed by atoms with Crippen LogP contribution in [0.15, 0.2) is 0 Å². The van der Waals surface area contributed by atoms with Gasteiger partial charge in [0.15, 0.2) is 5.78 Å². The second kappa shape index (κ2) is 10.2. The van der Waals surface area contributed by atoms with E-state index in [0.717, 1.165) is 89.9 Å². The van der Waals surface area contributed by atoms with Crippen LogP contribution in [0.5, 0.6) is 0 Å². The number of carbonyl (C=O) groups is 1. The van der Waals surface area contributed by atoms with E-state index >= 15 is 0 Å². The van der Waals surface area contributed by atoms with Gasteiger partial charge in [-0.1, -0.05) is 78.1 Å². The molecule has 0 aromatic heterocycles. The van der Waals surface area contributed by atoms with Crippen molar-refractivity contribution in [3.05, 3.63) is 0 Å². The summed E-state index contributed by atoms with van der Waals surface area (Å²) in [5.41, 5.74) is -2.58. The second-order valence-corrected chi connectivity index (χ2v) is 9.05. The summed E-state index contributed by atoms with van der Waals surface area (Å²) in [4.78, 5) is 13.6. The van der Waals surface area contributed by atoms with E-state index in [9.17, 15) is 15.0 Å². The first-order valence-corrected chi connectivity index (χ1v) is 11.5. The van der Waals surface area contributed by atoms with E-state index in [-0.39, 0.29) is 17.6 Å². The first-order chi connectivity index (χ1) is 12.5. The minimum Gasteiger partial charge on any atom is -0.382 e. The molecule has 0 amide bonds. The van der Waals surface area contributed by atoms with Gasteiger partial charge in [0.25, 0.3) is 0 Å². The first-order valence-electron chi connectivity index (χ1n) is 11.5. The number of Topliss-reactive ketones (excluding diaryl/α,β-unsaturated/α-hetero) is 1. The minimum absolute atomic E-state index is 0.0394. The zero-order valence-electron chi connectivity index (χ0n) is 17.3. The van der Waals surface area contributed by atoms with Gasteiger partial charge >= 0.3 is 0 Å². The van der Waals surface area contributed by atoms with Crippen molar-refractivity contribution in [2.45, 2.75) is 128 Å². The van der Waals surface area contributed by atoms with Crippen molar-refractivity contribution >= 4 is 5.78 Å².